The standard InChI is InChI=1S/C29H40FNO4/c1-21(25-11-12-27(30)29(20-25)35-2)18-22-5-6-26(19-22)23-7-9-24(10-8-23)28(34)4-3-13-31(14-16-32)15-17-33/h7-12,20-22,26,32-33H,3-6,13-19H2,1-2H3/t21-,22+,26+/m0/s1. The number of carbonyl (C=O) groups excluding carboxylic acids is 1. The monoisotopic (exact) mass is 485 g/mol. The van der Waals surface area contributed by atoms with Crippen LogP contribution in [-0.2, 0) is 0 Å². The van der Waals surface area contributed by atoms with Gasteiger partial charge in [0.2, 0.25) is 0 Å². The molecule has 0 radical (unpaired) electrons. The molecule has 0 unspecified atom stereocenters. The average Bonchev–Trinajstić information content (AvgIpc) is 3.33. The summed E-state index contributed by atoms with van der Waals surface area (Å²) in [6.07, 6.45) is 5.73. The maximum Gasteiger partial charge on any atom is 0.165 e. The number of ketones is 1. The van der Waals surface area contributed by atoms with Crippen LogP contribution < -0.4 is 4.74 Å². The minimum absolute atomic E-state index is 0.0529. The molecule has 5 nitrogen and oxygen atoms in total. The van der Waals surface area contributed by atoms with Gasteiger partial charge in [0.1, 0.15) is 0 Å². The Labute approximate surface area is 208 Å². The number of nitrogens with zero attached hydrogens (tertiary/aromatic N) is 1. The molecule has 0 amide bonds. The van der Waals surface area contributed by atoms with Crippen LogP contribution in [0, 0.1) is 11.7 Å². The third-order valence-corrected chi connectivity index (χ3v) is 7.39. The molecule has 1 aliphatic carbocycles. The summed E-state index contributed by atoms with van der Waals surface area (Å²) in [6.45, 7) is 4.03. The van der Waals surface area contributed by atoms with Crippen molar-refractivity contribution in [3.63, 3.8) is 0 Å². The van der Waals surface area contributed by atoms with Crippen LogP contribution in [0.1, 0.15) is 78.8 Å². The van der Waals surface area contributed by atoms with E-state index >= 15 is 0 Å². The molecule has 2 aromatic rings. The van der Waals surface area contributed by atoms with E-state index in [1.165, 1.54) is 25.2 Å². The fraction of sp³-hybridized carbons (Fsp3) is 0.552. The van der Waals surface area contributed by atoms with Gasteiger partial charge in [-0.1, -0.05) is 37.3 Å². The fourth-order valence-corrected chi connectivity index (χ4v) is 5.38. The number of benzene rings is 2. The highest BCUT2D eigenvalue weighted by atomic mass is 19.1. The molecule has 0 aliphatic heterocycles. The topological polar surface area (TPSA) is 70.0 Å². The van der Waals surface area contributed by atoms with Crippen LogP contribution in [-0.4, -0.2) is 60.9 Å². The molecular weight excluding hydrogens is 445 g/mol. The smallest absolute Gasteiger partial charge is 0.165 e. The van der Waals surface area contributed by atoms with Gasteiger partial charge in [-0.05, 0) is 79.7 Å². The van der Waals surface area contributed by atoms with Crippen LogP contribution in [0.15, 0.2) is 42.5 Å². The average molecular weight is 486 g/mol. The van der Waals surface area contributed by atoms with Crippen molar-refractivity contribution in [3.05, 3.63) is 65.0 Å². The van der Waals surface area contributed by atoms with Crippen molar-refractivity contribution >= 4 is 5.78 Å². The van der Waals surface area contributed by atoms with Gasteiger partial charge in [-0.3, -0.25) is 9.69 Å². The second-order valence-corrected chi connectivity index (χ2v) is 9.84. The van der Waals surface area contributed by atoms with Gasteiger partial charge < -0.3 is 14.9 Å². The number of methoxy groups -OCH3 is 1. The van der Waals surface area contributed by atoms with E-state index in [0.29, 0.717) is 56.0 Å². The molecule has 192 valence electrons. The van der Waals surface area contributed by atoms with Gasteiger partial charge in [-0.25, -0.2) is 4.39 Å². The molecule has 3 atom stereocenters. The number of hydrogen-bond acceptors (Lipinski definition) is 5. The van der Waals surface area contributed by atoms with E-state index in [0.717, 1.165) is 30.4 Å². The Kier molecular flexibility index (Phi) is 10.7. The summed E-state index contributed by atoms with van der Waals surface area (Å²) < 4.78 is 18.9. The predicted octanol–water partition coefficient (Wildman–Crippen LogP) is 5.16. The van der Waals surface area contributed by atoms with Crippen molar-refractivity contribution in [2.24, 2.45) is 5.92 Å². The minimum Gasteiger partial charge on any atom is -0.494 e. The SMILES string of the molecule is COc1cc([C@@H](C)C[C@H]2CC[C@@H](c3ccc(C(=O)CCCN(CCO)CCO)cc3)C2)ccc1F. The van der Waals surface area contributed by atoms with Gasteiger partial charge in [-0.15, -0.1) is 0 Å². The number of halogens is 1. The highest BCUT2D eigenvalue weighted by molar-refractivity contribution is 5.96. The number of aliphatic hydroxyl groups is 2. The summed E-state index contributed by atoms with van der Waals surface area (Å²) in [5.41, 5.74) is 3.17. The second-order valence-electron chi connectivity index (χ2n) is 9.84. The predicted molar refractivity (Wildman–Crippen MR) is 137 cm³/mol. The van der Waals surface area contributed by atoms with Crippen LogP contribution in [0.2, 0.25) is 0 Å². The van der Waals surface area contributed by atoms with Gasteiger partial charge in [0.05, 0.1) is 20.3 Å². The molecule has 0 spiro atoms. The van der Waals surface area contributed by atoms with E-state index in [-0.39, 0.29) is 24.8 Å². The van der Waals surface area contributed by atoms with Gasteiger partial charge in [0.15, 0.2) is 17.3 Å². The zero-order chi connectivity index (χ0) is 25.2. The Hall–Kier alpha value is -2.28. The summed E-state index contributed by atoms with van der Waals surface area (Å²) in [5, 5.41) is 18.2. The Morgan fingerprint density at radius 1 is 1.09 bits per heavy atom. The van der Waals surface area contributed by atoms with Crippen LogP contribution >= 0.6 is 0 Å². The minimum atomic E-state index is -0.323. The van der Waals surface area contributed by atoms with Crippen LogP contribution in [0.25, 0.3) is 0 Å². The summed E-state index contributed by atoms with van der Waals surface area (Å²) in [4.78, 5) is 14.6. The Morgan fingerprint density at radius 2 is 1.80 bits per heavy atom. The van der Waals surface area contributed by atoms with E-state index < -0.39 is 0 Å². The maximum atomic E-state index is 13.7. The molecule has 1 saturated carbocycles. The van der Waals surface area contributed by atoms with Crippen molar-refractivity contribution in [3.8, 4) is 5.75 Å². The number of rotatable bonds is 14. The van der Waals surface area contributed by atoms with Crippen molar-refractivity contribution in [2.45, 2.75) is 57.3 Å². The zero-order valence-electron chi connectivity index (χ0n) is 21.1. The van der Waals surface area contributed by atoms with Gasteiger partial charge in [0, 0.05) is 25.1 Å². The van der Waals surface area contributed by atoms with Crippen LogP contribution in [0.4, 0.5) is 4.39 Å². The Balaban J connectivity index is 1.48. The van der Waals surface area contributed by atoms with E-state index in [2.05, 4.69) is 19.1 Å². The number of Topliss-reactive ketones (excluding diaryl/α,β-unsaturated/α-hetero) is 1. The summed E-state index contributed by atoms with van der Waals surface area (Å²) >= 11 is 0. The third-order valence-electron chi connectivity index (χ3n) is 7.39. The van der Waals surface area contributed by atoms with Gasteiger partial charge >= 0.3 is 0 Å². The molecule has 0 heterocycles. The van der Waals surface area contributed by atoms with Crippen molar-refractivity contribution < 1.29 is 24.1 Å². The highest BCUT2D eigenvalue weighted by Crippen LogP contribution is 2.42. The number of ether oxygens (including phenoxy) is 1. The zero-order valence-corrected chi connectivity index (χ0v) is 21.1. The summed E-state index contributed by atoms with van der Waals surface area (Å²) in [6, 6.07) is 13.3. The molecular formula is C29H40FNO4. The first kappa shape index (κ1) is 27.3. The maximum absolute atomic E-state index is 13.7. The molecule has 0 aromatic heterocycles. The molecule has 6 heteroatoms. The largest absolute Gasteiger partial charge is 0.494 e. The molecule has 0 saturated heterocycles. The first-order valence-corrected chi connectivity index (χ1v) is 12.9. The van der Waals surface area contributed by atoms with Crippen molar-refractivity contribution in [1.82, 2.24) is 4.90 Å². The normalized spacial score (nSPS) is 18.7. The lowest BCUT2D eigenvalue weighted by atomic mass is 9.87. The van der Waals surface area contributed by atoms with E-state index in [4.69, 9.17) is 14.9 Å². The van der Waals surface area contributed by atoms with Gasteiger partial charge in [0.25, 0.3) is 0 Å². The molecule has 1 aliphatic rings. The summed E-state index contributed by atoms with van der Waals surface area (Å²) in [7, 11) is 1.50. The molecule has 0 bridgehead atoms. The van der Waals surface area contributed by atoms with E-state index in [9.17, 15) is 9.18 Å². The Morgan fingerprint density at radius 3 is 2.46 bits per heavy atom. The first-order chi connectivity index (χ1) is 16.9. The van der Waals surface area contributed by atoms with Crippen LogP contribution in [0.5, 0.6) is 5.75 Å². The lowest BCUT2D eigenvalue weighted by molar-refractivity contribution is 0.0970. The lowest BCUT2D eigenvalue weighted by Gasteiger charge is -2.19. The number of hydrogen-bond donors (Lipinski definition) is 2. The Bertz CT molecular complexity index is 927. The van der Waals surface area contributed by atoms with E-state index in [1.54, 1.807) is 0 Å². The molecule has 35 heavy (non-hydrogen) atoms. The van der Waals surface area contributed by atoms with E-state index in [1.807, 2.05) is 29.2 Å². The number of aliphatic hydroxyl groups excluding tert-OH is 2. The molecule has 3 rings (SSSR count). The number of carbonyl (C=O) groups is 1. The first-order valence-electron chi connectivity index (χ1n) is 12.9. The highest BCUT2D eigenvalue weighted by Gasteiger charge is 2.27. The molecule has 2 aromatic carbocycles. The quantitative estimate of drug-likeness (QED) is 0.362. The van der Waals surface area contributed by atoms with Crippen LogP contribution in [0.3, 0.4) is 0 Å². The summed E-state index contributed by atoms with van der Waals surface area (Å²) in [5.74, 6) is 1.62. The molecule has 1 fully saturated rings. The molecule has 2 N–H and O–H groups in total. The van der Waals surface area contributed by atoms with Gasteiger partial charge in [-0.2, -0.15) is 0 Å². The second kappa shape index (κ2) is 13.7. The van der Waals surface area contributed by atoms with Crippen molar-refractivity contribution in [2.75, 3.05) is 40.0 Å². The third kappa shape index (κ3) is 7.86. The lowest BCUT2D eigenvalue weighted by Crippen LogP contribution is -2.31. The van der Waals surface area contributed by atoms with Crippen molar-refractivity contribution in [1.29, 1.82) is 0 Å². The fourth-order valence-electron chi connectivity index (χ4n) is 5.38.